The highest BCUT2D eigenvalue weighted by Gasteiger charge is 2.02. The van der Waals surface area contributed by atoms with Gasteiger partial charge in [0.15, 0.2) is 5.82 Å². The van der Waals surface area contributed by atoms with E-state index < -0.39 is 0 Å². The molecule has 0 fully saturated rings. The normalized spacial score (nSPS) is 16.8. The van der Waals surface area contributed by atoms with Crippen molar-refractivity contribution in [1.29, 1.82) is 0 Å². The summed E-state index contributed by atoms with van der Waals surface area (Å²) in [5.74, 6) is 1.75. The summed E-state index contributed by atoms with van der Waals surface area (Å²) in [6.45, 7) is 0. The third kappa shape index (κ3) is 1.92. The van der Waals surface area contributed by atoms with Crippen LogP contribution in [-0.4, -0.2) is 22.0 Å². The summed E-state index contributed by atoms with van der Waals surface area (Å²) in [7, 11) is 1.70. The summed E-state index contributed by atoms with van der Waals surface area (Å²) in [4.78, 5) is 0. The van der Waals surface area contributed by atoms with E-state index in [1.807, 2.05) is 17.9 Å². The summed E-state index contributed by atoms with van der Waals surface area (Å²) < 4.78 is 1.87. The van der Waals surface area contributed by atoms with Gasteiger partial charge in [0.05, 0.1) is 12.1 Å². The Morgan fingerprint density at radius 1 is 1.46 bits per heavy atom. The number of nitrogens with zero attached hydrogens (tertiary/aromatic N) is 3. The number of thiol groups is 1. The maximum absolute atomic E-state index is 4.00. The van der Waals surface area contributed by atoms with Gasteiger partial charge in [-0.25, -0.2) is 4.68 Å². The molecule has 0 spiro atoms. The second-order valence-electron chi connectivity index (χ2n) is 2.73. The minimum Gasteiger partial charge on any atom is -0.370 e. The van der Waals surface area contributed by atoms with Gasteiger partial charge < -0.3 is 5.32 Å². The van der Waals surface area contributed by atoms with Crippen molar-refractivity contribution in [1.82, 2.24) is 15.0 Å². The molecule has 13 heavy (non-hydrogen) atoms. The molecule has 5 heteroatoms. The topological polar surface area (TPSA) is 42.7 Å². The molecule has 2 heterocycles. The smallest absolute Gasteiger partial charge is 0.168 e. The zero-order valence-corrected chi connectivity index (χ0v) is 8.28. The quantitative estimate of drug-likeness (QED) is 0.716. The van der Waals surface area contributed by atoms with Crippen LogP contribution >= 0.6 is 10.9 Å². The first kappa shape index (κ1) is 8.37. The number of nitrogens with one attached hydrogen (secondary N) is 1. The first-order valence-electron chi connectivity index (χ1n) is 4.07. The van der Waals surface area contributed by atoms with Crippen molar-refractivity contribution in [2.45, 2.75) is 5.88 Å². The number of allylic oxidation sites excluding steroid dienone is 2. The molecule has 0 aromatic carbocycles. The molecule has 4 nitrogen and oxygen atoms in total. The molecule has 0 amide bonds. The first-order chi connectivity index (χ1) is 6.38. The lowest BCUT2D eigenvalue weighted by Gasteiger charge is -2.07. The minimum absolute atomic E-state index is 0.141. The van der Waals surface area contributed by atoms with Crippen LogP contribution in [0.5, 0.6) is 0 Å². The Morgan fingerprint density at radius 3 is 2.85 bits per heavy atom. The Kier molecular flexibility index (Phi) is 2.35. The zero-order valence-electron chi connectivity index (χ0n) is 7.38. The van der Waals surface area contributed by atoms with Crippen LogP contribution in [0, 0.1) is 0 Å². The van der Waals surface area contributed by atoms with Gasteiger partial charge in [-0.2, -0.15) is 10.9 Å². The number of hydrogen-bond acceptors (Lipinski definition) is 3. The number of hydrogen-bond donors (Lipinski definition) is 2. The van der Waals surface area contributed by atoms with E-state index >= 15 is 0 Å². The maximum atomic E-state index is 4.00. The van der Waals surface area contributed by atoms with Crippen LogP contribution in [-0.2, 0) is 5.88 Å². The maximum Gasteiger partial charge on any atom is 0.168 e. The van der Waals surface area contributed by atoms with Crippen molar-refractivity contribution in [3.63, 3.8) is 0 Å². The summed E-state index contributed by atoms with van der Waals surface area (Å²) >= 11 is 0. The van der Waals surface area contributed by atoms with Crippen molar-refractivity contribution in [2.75, 3.05) is 12.4 Å². The molecular formula is C8H12N4S. The monoisotopic (exact) mass is 196 g/mol. The average molecular weight is 196 g/mol. The molecule has 0 aliphatic carbocycles. The molecule has 1 N–H and O–H groups in total. The molecule has 2 rings (SSSR count). The predicted octanol–water partition coefficient (Wildman–Crippen LogP) is 1.32. The minimum atomic E-state index is -0.141. The van der Waals surface area contributed by atoms with E-state index in [1.165, 1.54) is 0 Å². The molecule has 1 aromatic heterocycles. The molecule has 0 atom stereocenters. The molecule has 0 bridgehead atoms. The lowest BCUT2D eigenvalue weighted by atomic mass is 10.6. The van der Waals surface area contributed by atoms with Gasteiger partial charge in [0.2, 0.25) is 0 Å². The van der Waals surface area contributed by atoms with Crippen molar-refractivity contribution >= 4 is 16.7 Å². The Labute approximate surface area is 79.7 Å². The summed E-state index contributed by atoms with van der Waals surface area (Å²) in [5.41, 5.74) is 0. The number of anilines is 1. The van der Waals surface area contributed by atoms with Crippen LogP contribution in [0.25, 0.3) is 0 Å². The van der Waals surface area contributed by atoms with Crippen LogP contribution < -0.4 is 5.32 Å². The Bertz CT molecular complexity index is 330. The standard InChI is InChI=1S/C8H12N4S/c1-9-8-6-12(11-10-8)7-13-4-2-3-5-13/h2-6,9,13H,7H2,1H3. The fourth-order valence-corrected chi connectivity index (χ4v) is 2.52. The summed E-state index contributed by atoms with van der Waals surface area (Å²) in [6, 6.07) is 0. The summed E-state index contributed by atoms with van der Waals surface area (Å²) in [5, 5.41) is 15.3. The van der Waals surface area contributed by atoms with E-state index in [2.05, 4.69) is 38.6 Å². The van der Waals surface area contributed by atoms with E-state index in [4.69, 9.17) is 0 Å². The van der Waals surface area contributed by atoms with Gasteiger partial charge in [-0.3, -0.25) is 0 Å². The van der Waals surface area contributed by atoms with E-state index in [0.29, 0.717) is 0 Å². The Morgan fingerprint density at radius 2 is 2.23 bits per heavy atom. The second kappa shape index (κ2) is 3.66. The van der Waals surface area contributed by atoms with Crippen molar-refractivity contribution in [3.8, 4) is 0 Å². The fourth-order valence-electron chi connectivity index (χ4n) is 1.11. The van der Waals surface area contributed by atoms with Crippen LogP contribution in [0.15, 0.2) is 29.2 Å². The molecule has 1 aliphatic heterocycles. The van der Waals surface area contributed by atoms with Crippen LogP contribution in [0.3, 0.4) is 0 Å². The predicted molar refractivity (Wildman–Crippen MR) is 56.8 cm³/mol. The highest BCUT2D eigenvalue weighted by molar-refractivity contribution is 8.21. The van der Waals surface area contributed by atoms with Crippen molar-refractivity contribution in [2.24, 2.45) is 0 Å². The lowest BCUT2D eigenvalue weighted by Crippen LogP contribution is -1.96. The molecule has 0 radical (unpaired) electrons. The molecule has 0 saturated carbocycles. The molecule has 70 valence electrons. The molecular weight excluding hydrogens is 184 g/mol. The average Bonchev–Trinajstić information content (AvgIpc) is 2.76. The zero-order chi connectivity index (χ0) is 9.10. The molecule has 0 saturated heterocycles. The van der Waals surface area contributed by atoms with Gasteiger partial charge in [0.1, 0.15) is 0 Å². The van der Waals surface area contributed by atoms with Gasteiger partial charge in [0, 0.05) is 7.05 Å². The van der Waals surface area contributed by atoms with Gasteiger partial charge in [-0.1, -0.05) is 17.4 Å². The Hall–Kier alpha value is -1.23. The van der Waals surface area contributed by atoms with Gasteiger partial charge >= 0.3 is 0 Å². The van der Waals surface area contributed by atoms with Gasteiger partial charge in [-0.15, -0.1) is 5.10 Å². The second-order valence-corrected chi connectivity index (χ2v) is 4.64. The number of aromatic nitrogens is 3. The van der Waals surface area contributed by atoms with E-state index in [9.17, 15) is 0 Å². The fraction of sp³-hybridized carbons (Fsp3) is 0.250. The van der Waals surface area contributed by atoms with Gasteiger partial charge in [-0.05, 0) is 10.8 Å². The molecule has 1 aliphatic rings. The van der Waals surface area contributed by atoms with Crippen LogP contribution in [0.4, 0.5) is 5.82 Å². The third-order valence-corrected chi connectivity index (χ3v) is 3.50. The van der Waals surface area contributed by atoms with Crippen molar-refractivity contribution in [3.05, 3.63) is 29.2 Å². The largest absolute Gasteiger partial charge is 0.370 e. The van der Waals surface area contributed by atoms with Crippen molar-refractivity contribution < 1.29 is 0 Å². The third-order valence-electron chi connectivity index (χ3n) is 1.77. The number of rotatable bonds is 3. The van der Waals surface area contributed by atoms with E-state index in [1.54, 1.807) is 0 Å². The molecule has 1 aromatic rings. The van der Waals surface area contributed by atoms with E-state index in [0.717, 1.165) is 11.7 Å². The SMILES string of the molecule is CNc1cn(C[SH]2C=CC=C2)nn1. The highest BCUT2D eigenvalue weighted by Crippen LogP contribution is 2.33. The first-order valence-corrected chi connectivity index (χ1v) is 5.73. The van der Waals surface area contributed by atoms with Crippen LogP contribution in [0.2, 0.25) is 0 Å². The van der Waals surface area contributed by atoms with E-state index in [-0.39, 0.29) is 10.9 Å². The Balaban J connectivity index is 2.01. The lowest BCUT2D eigenvalue weighted by molar-refractivity contribution is 0.701. The molecule has 0 unspecified atom stereocenters. The summed E-state index contributed by atoms with van der Waals surface area (Å²) in [6.07, 6.45) is 6.09. The highest BCUT2D eigenvalue weighted by atomic mass is 32.2. The van der Waals surface area contributed by atoms with Crippen LogP contribution in [0.1, 0.15) is 0 Å². The van der Waals surface area contributed by atoms with Gasteiger partial charge in [0.25, 0.3) is 0 Å².